The molecular formula is C22H24N2O2. The molecule has 2 N–H and O–H groups in total. The molecule has 1 aliphatic rings. The van der Waals surface area contributed by atoms with Crippen molar-refractivity contribution in [2.75, 3.05) is 12.4 Å². The first kappa shape index (κ1) is 17.9. The van der Waals surface area contributed by atoms with Crippen LogP contribution in [0.3, 0.4) is 0 Å². The van der Waals surface area contributed by atoms with Gasteiger partial charge in [0.2, 0.25) is 0 Å². The summed E-state index contributed by atoms with van der Waals surface area (Å²) in [7, 11) is 1.61. The number of anilines is 1. The molecule has 1 amide bonds. The molecular weight excluding hydrogens is 324 g/mol. The first-order valence-electron chi connectivity index (χ1n) is 9.11. The average Bonchev–Trinajstić information content (AvgIpc) is 3.23. The summed E-state index contributed by atoms with van der Waals surface area (Å²) in [6.45, 7) is 2.20. The van der Waals surface area contributed by atoms with E-state index in [9.17, 15) is 4.79 Å². The summed E-state index contributed by atoms with van der Waals surface area (Å²) in [6.07, 6.45) is 9.32. The van der Waals surface area contributed by atoms with E-state index in [4.69, 9.17) is 4.74 Å². The van der Waals surface area contributed by atoms with E-state index in [-0.39, 0.29) is 5.91 Å². The number of benzene rings is 1. The lowest BCUT2D eigenvalue weighted by atomic mass is 9.99. The van der Waals surface area contributed by atoms with Gasteiger partial charge in [-0.25, -0.2) is 0 Å². The fourth-order valence-corrected chi connectivity index (χ4v) is 3.09. The van der Waals surface area contributed by atoms with Gasteiger partial charge in [0.25, 0.3) is 5.91 Å². The fraction of sp³-hybridized carbons (Fsp3) is 0.318. The summed E-state index contributed by atoms with van der Waals surface area (Å²) in [5.74, 6) is 7.10. The molecule has 3 rings (SSSR count). The number of aromatic amines is 1. The Hall–Kier alpha value is -2.93. The average molecular weight is 348 g/mol. The van der Waals surface area contributed by atoms with Gasteiger partial charge in [-0.3, -0.25) is 4.79 Å². The Labute approximate surface area is 154 Å². The van der Waals surface area contributed by atoms with Crippen LogP contribution in [-0.2, 0) is 4.79 Å². The van der Waals surface area contributed by atoms with Gasteiger partial charge in [-0.1, -0.05) is 44.1 Å². The van der Waals surface area contributed by atoms with E-state index in [1.807, 2.05) is 30.3 Å². The van der Waals surface area contributed by atoms with E-state index < -0.39 is 0 Å². The van der Waals surface area contributed by atoms with Crippen LogP contribution in [0.2, 0.25) is 0 Å². The molecule has 0 radical (unpaired) electrons. The molecule has 1 aromatic heterocycles. The van der Waals surface area contributed by atoms with Crippen LogP contribution in [0.1, 0.15) is 55.8 Å². The highest BCUT2D eigenvalue weighted by Crippen LogP contribution is 2.36. The number of aromatic nitrogens is 1. The number of nitrogens with one attached hydrogen (secondary N) is 2. The molecule has 2 heterocycles. The third-order valence-electron chi connectivity index (χ3n) is 4.45. The largest absolute Gasteiger partial charge is 0.495 e. The van der Waals surface area contributed by atoms with Crippen molar-refractivity contribution in [3.8, 4) is 17.6 Å². The Kier molecular flexibility index (Phi) is 5.80. The Bertz CT molecular complexity index is 881. The van der Waals surface area contributed by atoms with Crippen LogP contribution in [0, 0.1) is 11.8 Å². The molecule has 0 spiro atoms. The highest BCUT2D eigenvalue weighted by molar-refractivity contribution is 6.35. The van der Waals surface area contributed by atoms with Gasteiger partial charge in [0.15, 0.2) is 0 Å². The number of carbonyl (C=O) groups excluding carboxylic acids is 1. The summed E-state index contributed by atoms with van der Waals surface area (Å²) >= 11 is 0. The first-order valence-corrected chi connectivity index (χ1v) is 9.11. The van der Waals surface area contributed by atoms with Gasteiger partial charge in [0.1, 0.15) is 5.75 Å². The molecule has 0 bridgehead atoms. The van der Waals surface area contributed by atoms with Gasteiger partial charge in [0, 0.05) is 23.7 Å². The Morgan fingerprint density at radius 1 is 1.19 bits per heavy atom. The van der Waals surface area contributed by atoms with E-state index in [1.165, 1.54) is 19.3 Å². The van der Waals surface area contributed by atoms with Gasteiger partial charge in [-0.2, -0.15) is 0 Å². The number of carbonyl (C=O) groups is 1. The smallest absolute Gasteiger partial charge is 0.256 e. The van der Waals surface area contributed by atoms with Crippen LogP contribution in [0.15, 0.2) is 30.5 Å². The first-order chi connectivity index (χ1) is 12.7. The lowest BCUT2D eigenvalue weighted by Gasteiger charge is -2.03. The number of rotatable bonds is 6. The minimum absolute atomic E-state index is 0.117. The topological polar surface area (TPSA) is 54.1 Å². The second-order valence-corrected chi connectivity index (χ2v) is 6.31. The molecule has 4 nitrogen and oxygen atoms in total. The highest BCUT2D eigenvalue weighted by atomic mass is 16.5. The zero-order valence-electron chi connectivity index (χ0n) is 15.3. The van der Waals surface area contributed by atoms with Crippen molar-refractivity contribution in [2.45, 2.75) is 39.0 Å². The van der Waals surface area contributed by atoms with Crippen molar-refractivity contribution in [1.29, 1.82) is 0 Å². The van der Waals surface area contributed by atoms with Crippen LogP contribution >= 0.6 is 0 Å². The standard InChI is InChI=1S/C22H24N2O2/c1-3-4-5-6-7-8-10-16-11-9-12-18-21(16)17(22(25)24-18)15-19-20(26-2)13-14-23-19/h9,11-15,23H,3-7H2,1-2H3,(H,24,25)/b17-15-. The minimum atomic E-state index is -0.117. The molecule has 4 heteroatoms. The number of ether oxygens (including phenoxy) is 1. The molecule has 134 valence electrons. The molecule has 0 atom stereocenters. The van der Waals surface area contributed by atoms with Crippen LogP contribution in [0.25, 0.3) is 11.6 Å². The molecule has 2 aromatic rings. The van der Waals surface area contributed by atoms with Crippen LogP contribution in [0.5, 0.6) is 5.75 Å². The summed E-state index contributed by atoms with van der Waals surface area (Å²) in [4.78, 5) is 15.6. The van der Waals surface area contributed by atoms with Crippen molar-refractivity contribution in [3.05, 3.63) is 47.3 Å². The molecule has 0 aliphatic carbocycles. The molecule has 0 fully saturated rings. The van der Waals surface area contributed by atoms with Gasteiger partial charge in [-0.15, -0.1) is 0 Å². The molecule has 1 aromatic carbocycles. The maximum atomic E-state index is 12.5. The Balaban J connectivity index is 1.89. The number of H-pyrrole nitrogens is 1. The van der Waals surface area contributed by atoms with E-state index >= 15 is 0 Å². The summed E-state index contributed by atoms with van der Waals surface area (Å²) in [5, 5.41) is 2.93. The molecule has 26 heavy (non-hydrogen) atoms. The van der Waals surface area contributed by atoms with Crippen LogP contribution < -0.4 is 10.1 Å². The number of methoxy groups -OCH3 is 1. The van der Waals surface area contributed by atoms with Gasteiger partial charge in [0.05, 0.1) is 24.1 Å². The predicted octanol–water partition coefficient (Wildman–Crippen LogP) is 4.84. The number of fused-ring (bicyclic) bond motifs is 1. The number of amides is 1. The summed E-state index contributed by atoms with van der Waals surface area (Å²) in [6, 6.07) is 7.64. The van der Waals surface area contributed by atoms with Crippen molar-refractivity contribution in [1.82, 2.24) is 4.98 Å². The zero-order chi connectivity index (χ0) is 18.4. The number of hydrogen-bond donors (Lipinski definition) is 2. The third-order valence-corrected chi connectivity index (χ3v) is 4.45. The fourth-order valence-electron chi connectivity index (χ4n) is 3.09. The minimum Gasteiger partial charge on any atom is -0.495 e. The second kappa shape index (κ2) is 8.44. The normalized spacial score (nSPS) is 13.9. The summed E-state index contributed by atoms with van der Waals surface area (Å²) < 4.78 is 5.33. The van der Waals surface area contributed by atoms with E-state index in [1.54, 1.807) is 13.3 Å². The number of unbranched alkanes of at least 4 members (excludes halogenated alkanes) is 4. The number of hydrogen-bond acceptors (Lipinski definition) is 2. The van der Waals surface area contributed by atoms with Gasteiger partial charge in [-0.05, 0) is 30.7 Å². The quantitative estimate of drug-likeness (QED) is 0.446. The van der Waals surface area contributed by atoms with Gasteiger partial charge >= 0.3 is 0 Å². The predicted molar refractivity (Wildman–Crippen MR) is 106 cm³/mol. The monoisotopic (exact) mass is 348 g/mol. The SMILES string of the molecule is CCCCCCC#Cc1cccc2c1/C(=C/c1[nH]ccc1OC)C(=O)N2. The van der Waals surface area contributed by atoms with Crippen molar-refractivity contribution in [3.63, 3.8) is 0 Å². The van der Waals surface area contributed by atoms with Crippen molar-refractivity contribution < 1.29 is 9.53 Å². The molecule has 1 aliphatic heterocycles. The highest BCUT2D eigenvalue weighted by Gasteiger charge is 2.26. The second-order valence-electron chi connectivity index (χ2n) is 6.31. The van der Waals surface area contributed by atoms with Crippen LogP contribution in [0.4, 0.5) is 5.69 Å². The summed E-state index contributed by atoms with van der Waals surface area (Å²) in [5.41, 5.74) is 3.94. The Morgan fingerprint density at radius 3 is 2.88 bits per heavy atom. The maximum Gasteiger partial charge on any atom is 0.256 e. The van der Waals surface area contributed by atoms with E-state index in [0.29, 0.717) is 11.3 Å². The van der Waals surface area contributed by atoms with E-state index in [0.717, 1.165) is 35.3 Å². The lowest BCUT2D eigenvalue weighted by molar-refractivity contribution is -0.110. The molecule has 0 saturated heterocycles. The lowest BCUT2D eigenvalue weighted by Crippen LogP contribution is -2.03. The maximum absolute atomic E-state index is 12.5. The van der Waals surface area contributed by atoms with Gasteiger partial charge < -0.3 is 15.0 Å². The van der Waals surface area contributed by atoms with Crippen LogP contribution in [-0.4, -0.2) is 18.0 Å². The molecule has 0 unspecified atom stereocenters. The van der Waals surface area contributed by atoms with Crippen molar-refractivity contribution in [2.24, 2.45) is 0 Å². The molecule has 0 saturated carbocycles. The van der Waals surface area contributed by atoms with E-state index in [2.05, 4.69) is 29.1 Å². The third kappa shape index (κ3) is 3.83. The Morgan fingerprint density at radius 2 is 2.08 bits per heavy atom. The zero-order valence-corrected chi connectivity index (χ0v) is 15.3. The van der Waals surface area contributed by atoms with Crippen molar-refractivity contribution >= 4 is 23.2 Å².